The molecule has 0 radical (unpaired) electrons. The van der Waals surface area contributed by atoms with Gasteiger partial charge in [-0.3, -0.25) is 9.59 Å². The van der Waals surface area contributed by atoms with Crippen LogP contribution >= 0.6 is 23.1 Å². The highest BCUT2D eigenvalue weighted by Crippen LogP contribution is 2.28. The predicted octanol–water partition coefficient (Wildman–Crippen LogP) is 4.77. The van der Waals surface area contributed by atoms with Gasteiger partial charge in [0.25, 0.3) is 11.8 Å². The Morgan fingerprint density at radius 3 is 2.50 bits per heavy atom. The average molecular weight is 439 g/mol. The van der Waals surface area contributed by atoms with E-state index in [1.54, 1.807) is 52.3 Å². The van der Waals surface area contributed by atoms with Gasteiger partial charge >= 0.3 is 0 Å². The first-order valence-corrected chi connectivity index (χ1v) is 11.6. The number of amides is 2. The first-order valence-electron chi connectivity index (χ1n) is 9.73. The van der Waals surface area contributed by atoms with Gasteiger partial charge in [-0.2, -0.15) is 0 Å². The Balaban J connectivity index is 1.41. The maximum Gasteiger partial charge on any atom is 0.256 e. The molecule has 7 heteroatoms. The molecule has 2 amide bonds. The van der Waals surface area contributed by atoms with Crippen LogP contribution in [-0.4, -0.2) is 43.0 Å². The van der Waals surface area contributed by atoms with Crippen molar-refractivity contribution in [3.05, 3.63) is 82.0 Å². The summed E-state index contributed by atoms with van der Waals surface area (Å²) in [4.78, 5) is 29.4. The third kappa shape index (κ3) is 5.11. The number of anilines is 1. The van der Waals surface area contributed by atoms with E-state index in [4.69, 9.17) is 4.74 Å². The van der Waals surface area contributed by atoms with Crippen molar-refractivity contribution in [3.8, 4) is 0 Å². The summed E-state index contributed by atoms with van der Waals surface area (Å²) >= 11 is 3.37. The van der Waals surface area contributed by atoms with Crippen LogP contribution in [0.15, 0.2) is 70.9 Å². The van der Waals surface area contributed by atoms with E-state index < -0.39 is 0 Å². The highest BCUT2D eigenvalue weighted by atomic mass is 32.2. The minimum Gasteiger partial charge on any atom is -0.378 e. The third-order valence-corrected chi connectivity index (χ3v) is 6.95. The largest absolute Gasteiger partial charge is 0.378 e. The molecule has 0 saturated carbocycles. The van der Waals surface area contributed by atoms with E-state index in [0.29, 0.717) is 43.1 Å². The van der Waals surface area contributed by atoms with Crippen molar-refractivity contribution in [2.75, 3.05) is 31.6 Å². The van der Waals surface area contributed by atoms with Crippen LogP contribution < -0.4 is 5.32 Å². The number of carbonyl (C=O) groups excluding carboxylic acids is 2. The molecule has 0 unspecified atom stereocenters. The fourth-order valence-corrected chi connectivity index (χ4v) is 4.99. The second-order valence-electron chi connectivity index (χ2n) is 6.80. The smallest absolute Gasteiger partial charge is 0.256 e. The molecule has 0 spiro atoms. The van der Waals surface area contributed by atoms with Crippen LogP contribution in [0.2, 0.25) is 0 Å². The number of nitrogens with one attached hydrogen (secondary N) is 1. The number of hydrogen-bond donors (Lipinski definition) is 1. The van der Waals surface area contributed by atoms with Crippen LogP contribution in [0.1, 0.15) is 25.6 Å². The number of rotatable bonds is 6. The lowest BCUT2D eigenvalue weighted by atomic mass is 10.1. The highest BCUT2D eigenvalue weighted by Gasteiger charge is 2.18. The van der Waals surface area contributed by atoms with Crippen molar-refractivity contribution in [3.63, 3.8) is 0 Å². The van der Waals surface area contributed by atoms with Gasteiger partial charge in [-0.15, -0.1) is 23.1 Å². The van der Waals surface area contributed by atoms with Crippen LogP contribution in [0.4, 0.5) is 5.69 Å². The molecule has 3 aromatic rings. The Bertz CT molecular complexity index is 998. The molecule has 0 atom stereocenters. The lowest BCUT2D eigenvalue weighted by Gasteiger charge is -2.26. The molecule has 1 fully saturated rings. The van der Waals surface area contributed by atoms with Gasteiger partial charge in [0, 0.05) is 39.9 Å². The van der Waals surface area contributed by atoms with E-state index in [9.17, 15) is 9.59 Å². The maximum atomic E-state index is 12.9. The minimum atomic E-state index is -0.156. The minimum absolute atomic E-state index is 0.00787. The number of benzene rings is 2. The van der Waals surface area contributed by atoms with E-state index in [0.717, 1.165) is 10.6 Å². The van der Waals surface area contributed by atoms with E-state index in [1.807, 2.05) is 30.3 Å². The van der Waals surface area contributed by atoms with Crippen molar-refractivity contribution < 1.29 is 14.3 Å². The molecule has 1 saturated heterocycles. The van der Waals surface area contributed by atoms with Gasteiger partial charge < -0.3 is 15.0 Å². The number of thioether (sulfide) groups is 1. The molecule has 1 N–H and O–H groups in total. The van der Waals surface area contributed by atoms with Gasteiger partial charge in [-0.1, -0.05) is 18.2 Å². The number of hydrogen-bond acceptors (Lipinski definition) is 5. The Hall–Kier alpha value is -2.61. The van der Waals surface area contributed by atoms with Crippen LogP contribution in [-0.2, 0) is 10.5 Å². The molecule has 0 bridgehead atoms. The summed E-state index contributed by atoms with van der Waals surface area (Å²) in [7, 11) is 0. The van der Waals surface area contributed by atoms with Gasteiger partial charge in [-0.05, 0) is 47.8 Å². The molecule has 1 aliphatic rings. The molecular formula is C23H22N2O3S2. The molecule has 1 aliphatic heterocycles. The molecule has 1 aromatic heterocycles. The van der Waals surface area contributed by atoms with Gasteiger partial charge in [0.2, 0.25) is 0 Å². The standard InChI is InChI=1S/C23H22N2O3S2/c26-22(20-5-1-2-6-21(20)30-16-19-4-3-15-29-19)24-18-9-7-17(8-10-18)23(27)25-11-13-28-14-12-25/h1-10,15H,11-14,16H2,(H,24,26). The predicted molar refractivity (Wildman–Crippen MR) is 121 cm³/mol. The Morgan fingerprint density at radius 1 is 1.00 bits per heavy atom. The molecular weight excluding hydrogens is 416 g/mol. The van der Waals surface area contributed by atoms with E-state index in [-0.39, 0.29) is 11.8 Å². The summed E-state index contributed by atoms with van der Waals surface area (Å²) in [5.74, 6) is 0.670. The Kier molecular flexibility index (Phi) is 6.84. The van der Waals surface area contributed by atoms with E-state index in [1.165, 1.54) is 4.88 Å². The van der Waals surface area contributed by atoms with Crippen molar-refractivity contribution in [2.45, 2.75) is 10.6 Å². The number of nitrogens with zero attached hydrogens (tertiary/aromatic N) is 1. The molecule has 30 heavy (non-hydrogen) atoms. The molecule has 2 aromatic carbocycles. The summed E-state index contributed by atoms with van der Waals surface area (Å²) in [6.07, 6.45) is 0. The Morgan fingerprint density at radius 2 is 1.77 bits per heavy atom. The topological polar surface area (TPSA) is 58.6 Å². The summed E-state index contributed by atoms with van der Waals surface area (Å²) in [6, 6.07) is 18.8. The first kappa shape index (κ1) is 20.7. The third-order valence-electron chi connectivity index (χ3n) is 4.77. The number of morpholine rings is 1. The molecule has 4 rings (SSSR count). The van der Waals surface area contributed by atoms with Gasteiger partial charge in [0.05, 0.1) is 18.8 Å². The Labute approximate surface area is 184 Å². The van der Waals surface area contributed by atoms with Crippen LogP contribution in [0.5, 0.6) is 0 Å². The highest BCUT2D eigenvalue weighted by molar-refractivity contribution is 7.98. The van der Waals surface area contributed by atoms with Gasteiger partial charge in [-0.25, -0.2) is 0 Å². The fourth-order valence-electron chi connectivity index (χ4n) is 3.17. The van der Waals surface area contributed by atoms with Crippen LogP contribution in [0.25, 0.3) is 0 Å². The number of ether oxygens (including phenoxy) is 1. The van der Waals surface area contributed by atoms with Crippen LogP contribution in [0.3, 0.4) is 0 Å². The van der Waals surface area contributed by atoms with Crippen molar-refractivity contribution in [1.29, 1.82) is 0 Å². The lowest BCUT2D eigenvalue weighted by Crippen LogP contribution is -2.40. The molecule has 5 nitrogen and oxygen atoms in total. The zero-order valence-corrected chi connectivity index (χ0v) is 18.0. The SMILES string of the molecule is O=C(Nc1ccc(C(=O)N2CCOCC2)cc1)c1ccccc1SCc1cccs1. The average Bonchev–Trinajstić information content (AvgIpc) is 3.32. The summed E-state index contributed by atoms with van der Waals surface area (Å²) in [5.41, 5.74) is 1.92. The van der Waals surface area contributed by atoms with Crippen LogP contribution in [0, 0.1) is 0 Å². The number of thiophene rings is 1. The lowest BCUT2D eigenvalue weighted by molar-refractivity contribution is 0.0303. The fraction of sp³-hybridized carbons (Fsp3) is 0.217. The zero-order chi connectivity index (χ0) is 20.8. The van der Waals surface area contributed by atoms with E-state index in [2.05, 4.69) is 16.8 Å². The van der Waals surface area contributed by atoms with Gasteiger partial charge in [0.15, 0.2) is 0 Å². The van der Waals surface area contributed by atoms with Crippen molar-refractivity contribution >= 4 is 40.6 Å². The van der Waals surface area contributed by atoms with Crippen molar-refractivity contribution in [1.82, 2.24) is 4.90 Å². The summed E-state index contributed by atoms with van der Waals surface area (Å²) in [6.45, 7) is 2.36. The van der Waals surface area contributed by atoms with E-state index >= 15 is 0 Å². The monoisotopic (exact) mass is 438 g/mol. The summed E-state index contributed by atoms with van der Waals surface area (Å²) in [5, 5.41) is 5.00. The second-order valence-corrected chi connectivity index (χ2v) is 8.85. The number of carbonyl (C=O) groups is 2. The first-order chi connectivity index (χ1) is 14.7. The normalized spacial score (nSPS) is 13.8. The van der Waals surface area contributed by atoms with Gasteiger partial charge in [0.1, 0.15) is 0 Å². The zero-order valence-electron chi connectivity index (χ0n) is 16.4. The molecule has 2 heterocycles. The molecule has 154 valence electrons. The summed E-state index contributed by atoms with van der Waals surface area (Å²) < 4.78 is 5.30. The maximum absolute atomic E-state index is 12.9. The molecule has 0 aliphatic carbocycles. The van der Waals surface area contributed by atoms with Crippen molar-refractivity contribution in [2.24, 2.45) is 0 Å². The second kappa shape index (κ2) is 9.93. The quantitative estimate of drug-likeness (QED) is 0.564.